The van der Waals surface area contributed by atoms with E-state index in [1.807, 2.05) is 37.0 Å². The Balaban J connectivity index is 1.78. The Bertz CT molecular complexity index is 548. The fourth-order valence-corrected chi connectivity index (χ4v) is 1.83. The molecule has 0 aromatic carbocycles. The first-order valence-corrected chi connectivity index (χ1v) is 6.30. The van der Waals surface area contributed by atoms with E-state index in [2.05, 4.69) is 15.4 Å². The van der Waals surface area contributed by atoms with Crippen molar-refractivity contribution >= 4 is 5.91 Å². The van der Waals surface area contributed by atoms with E-state index in [4.69, 9.17) is 0 Å². The number of hydrogen-bond donors (Lipinski definition) is 1. The van der Waals surface area contributed by atoms with Crippen molar-refractivity contribution in [2.45, 2.75) is 26.3 Å². The second kappa shape index (κ2) is 6.13. The van der Waals surface area contributed by atoms with Crippen molar-refractivity contribution in [2.24, 2.45) is 7.05 Å². The minimum absolute atomic E-state index is 0.0556. The van der Waals surface area contributed by atoms with Crippen LogP contribution >= 0.6 is 0 Å². The summed E-state index contributed by atoms with van der Waals surface area (Å²) in [5, 5.41) is 7.07. The van der Waals surface area contributed by atoms with E-state index in [9.17, 15) is 4.79 Å². The summed E-state index contributed by atoms with van der Waals surface area (Å²) in [5.74, 6) is 0.0556. The molecule has 2 heterocycles. The topological polar surface area (TPSA) is 59.8 Å². The van der Waals surface area contributed by atoms with E-state index < -0.39 is 0 Å². The van der Waals surface area contributed by atoms with Crippen LogP contribution in [0, 0.1) is 6.92 Å². The molecule has 2 aromatic rings. The van der Waals surface area contributed by atoms with Crippen LogP contribution in [-0.2, 0) is 24.8 Å². The van der Waals surface area contributed by atoms with Crippen molar-refractivity contribution in [3.63, 3.8) is 0 Å². The van der Waals surface area contributed by atoms with Crippen molar-refractivity contribution in [2.75, 3.05) is 0 Å². The summed E-state index contributed by atoms with van der Waals surface area (Å²) in [6.07, 6.45) is 6.48. The first kappa shape index (κ1) is 13.3. The number of carbonyl (C=O) groups is 1. The predicted molar refractivity (Wildman–Crippen MR) is 72.3 cm³/mol. The van der Waals surface area contributed by atoms with E-state index in [0.29, 0.717) is 13.0 Å². The van der Waals surface area contributed by atoms with Crippen LogP contribution in [0.5, 0.6) is 0 Å². The van der Waals surface area contributed by atoms with E-state index >= 15 is 0 Å². The maximum Gasteiger partial charge on any atom is 0.220 e. The smallest absolute Gasteiger partial charge is 0.220 e. The lowest BCUT2D eigenvalue weighted by Crippen LogP contribution is -2.23. The summed E-state index contributed by atoms with van der Waals surface area (Å²) in [6, 6.07) is 3.79. The SMILES string of the molecule is Cc1c(CCC(=O)NCc2ccncc2)cnn1C. The Hall–Kier alpha value is -2.17. The molecule has 0 saturated carbocycles. The van der Waals surface area contributed by atoms with Gasteiger partial charge in [0.15, 0.2) is 0 Å². The van der Waals surface area contributed by atoms with Crippen LogP contribution in [0.15, 0.2) is 30.7 Å². The quantitative estimate of drug-likeness (QED) is 0.881. The van der Waals surface area contributed by atoms with Crippen LogP contribution in [0.4, 0.5) is 0 Å². The van der Waals surface area contributed by atoms with Gasteiger partial charge in [-0.2, -0.15) is 5.10 Å². The number of nitrogens with zero attached hydrogens (tertiary/aromatic N) is 3. The molecule has 2 rings (SSSR count). The maximum atomic E-state index is 11.8. The fraction of sp³-hybridized carbons (Fsp3) is 0.357. The molecule has 0 fully saturated rings. The van der Waals surface area contributed by atoms with Crippen LogP contribution in [0.2, 0.25) is 0 Å². The molecule has 0 aliphatic heterocycles. The Labute approximate surface area is 112 Å². The van der Waals surface area contributed by atoms with Gasteiger partial charge < -0.3 is 5.32 Å². The monoisotopic (exact) mass is 258 g/mol. The summed E-state index contributed by atoms with van der Waals surface area (Å²) < 4.78 is 1.82. The number of nitrogens with one attached hydrogen (secondary N) is 1. The molecule has 5 nitrogen and oxygen atoms in total. The molecule has 0 bridgehead atoms. The largest absolute Gasteiger partial charge is 0.352 e. The molecule has 0 saturated heterocycles. The van der Waals surface area contributed by atoms with Crippen molar-refractivity contribution in [1.29, 1.82) is 0 Å². The zero-order valence-electron chi connectivity index (χ0n) is 11.3. The molecule has 0 spiro atoms. The molecule has 2 aromatic heterocycles. The summed E-state index contributed by atoms with van der Waals surface area (Å²) in [5.41, 5.74) is 3.30. The molecule has 19 heavy (non-hydrogen) atoms. The Kier molecular flexibility index (Phi) is 4.28. The summed E-state index contributed by atoms with van der Waals surface area (Å²) in [7, 11) is 1.91. The highest BCUT2D eigenvalue weighted by atomic mass is 16.1. The predicted octanol–water partition coefficient (Wildman–Crippen LogP) is 1.37. The molecule has 100 valence electrons. The minimum Gasteiger partial charge on any atom is -0.352 e. The van der Waals surface area contributed by atoms with Gasteiger partial charge in [-0.25, -0.2) is 0 Å². The molecule has 0 atom stereocenters. The van der Waals surface area contributed by atoms with Gasteiger partial charge in [0.1, 0.15) is 0 Å². The van der Waals surface area contributed by atoms with Crippen LogP contribution in [-0.4, -0.2) is 20.7 Å². The van der Waals surface area contributed by atoms with Crippen LogP contribution in [0.3, 0.4) is 0 Å². The van der Waals surface area contributed by atoms with E-state index in [1.165, 1.54) is 0 Å². The zero-order valence-corrected chi connectivity index (χ0v) is 11.3. The van der Waals surface area contributed by atoms with Gasteiger partial charge in [0.25, 0.3) is 0 Å². The van der Waals surface area contributed by atoms with Gasteiger partial charge in [0, 0.05) is 38.1 Å². The van der Waals surface area contributed by atoms with Gasteiger partial charge >= 0.3 is 0 Å². The molecule has 0 aliphatic carbocycles. The third-order valence-corrected chi connectivity index (χ3v) is 3.20. The van der Waals surface area contributed by atoms with E-state index in [-0.39, 0.29) is 5.91 Å². The number of rotatable bonds is 5. The third kappa shape index (κ3) is 3.64. The molecule has 1 amide bonds. The van der Waals surface area contributed by atoms with Gasteiger partial charge in [0.2, 0.25) is 5.91 Å². The summed E-state index contributed by atoms with van der Waals surface area (Å²) in [4.78, 5) is 15.7. The molecule has 0 radical (unpaired) electrons. The first-order chi connectivity index (χ1) is 9.16. The molecular weight excluding hydrogens is 240 g/mol. The average Bonchev–Trinajstić information content (AvgIpc) is 2.75. The standard InChI is InChI=1S/C14H18N4O/c1-11-13(10-17-18(11)2)3-4-14(19)16-9-12-5-7-15-8-6-12/h5-8,10H,3-4,9H2,1-2H3,(H,16,19). The van der Waals surface area contributed by atoms with Gasteiger partial charge in [-0.05, 0) is 36.6 Å². The lowest BCUT2D eigenvalue weighted by atomic mass is 10.1. The van der Waals surface area contributed by atoms with Crippen LogP contribution in [0.25, 0.3) is 0 Å². The molecule has 0 aliphatic rings. The number of aryl methyl sites for hydroxylation is 2. The average molecular weight is 258 g/mol. The highest BCUT2D eigenvalue weighted by molar-refractivity contribution is 5.76. The van der Waals surface area contributed by atoms with E-state index in [1.54, 1.807) is 12.4 Å². The van der Waals surface area contributed by atoms with Crippen molar-refractivity contribution in [3.8, 4) is 0 Å². The molecule has 1 N–H and O–H groups in total. The van der Waals surface area contributed by atoms with Gasteiger partial charge in [0.05, 0.1) is 6.20 Å². The number of pyridine rings is 1. The maximum absolute atomic E-state index is 11.8. The normalized spacial score (nSPS) is 10.4. The van der Waals surface area contributed by atoms with Gasteiger partial charge in [-0.1, -0.05) is 0 Å². The van der Waals surface area contributed by atoms with Crippen molar-refractivity contribution < 1.29 is 4.79 Å². The molecule has 5 heteroatoms. The third-order valence-electron chi connectivity index (χ3n) is 3.20. The lowest BCUT2D eigenvalue weighted by Gasteiger charge is -2.05. The fourth-order valence-electron chi connectivity index (χ4n) is 1.83. The molecule has 0 unspecified atom stereocenters. The highest BCUT2D eigenvalue weighted by Gasteiger charge is 2.07. The van der Waals surface area contributed by atoms with Gasteiger partial charge in [-0.3, -0.25) is 14.5 Å². The number of amides is 1. The second-order valence-corrected chi connectivity index (χ2v) is 4.51. The Morgan fingerprint density at radius 2 is 2.11 bits per heavy atom. The summed E-state index contributed by atoms with van der Waals surface area (Å²) in [6.45, 7) is 2.56. The number of carbonyl (C=O) groups excluding carboxylic acids is 1. The first-order valence-electron chi connectivity index (χ1n) is 6.30. The summed E-state index contributed by atoms with van der Waals surface area (Å²) >= 11 is 0. The van der Waals surface area contributed by atoms with E-state index in [0.717, 1.165) is 23.2 Å². The second-order valence-electron chi connectivity index (χ2n) is 4.51. The van der Waals surface area contributed by atoms with Crippen LogP contribution in [0.1, 0.15) is 23.2 Å². The number of hydrogen-bond acceptors (Lipinski definition) is 3. The van der Waals surface area contributed by atoms with Gasteiger partial charge in [-0.15, -0.1) is 0 Å². The minimum atomic E-state index is 0.0556. The number of aromatic nitrogens is 3. The van der Waals surface area contributed by atoms with Crippen molar-refractivity contribution in [1.82, 2.24) is 20.1 Å². The lowest BCUT2D eigenvalue weighted by molar-refractivity contribution is -0.121. The van der Waals surface area contributed by atoms with Crippen LogP contribution < -0.4 is 5.32 Å². The Morgan fingerprint density at radius 1 is 1.37 bits per heavy atom. The highest BCUT2D eigenvalue weighted by Crippen LogP contribution is 2.08. The molecular formula is C14H18N4O. The zero-order chi connectivity index (χ0) is 13.7. The Morgan fingerprint density at radius 3 is 2.74 bits per heavy atom. The van der Waals surface area contributed by atoms with Crippen molar-refractivity contribution in [3.05, 3.63) is 47.5 Å².